The van der Waals surface area contributed by atoms with E-state index >= 15 is 0 Å². The molecule has 1 amide bonds. The maximum Gasteiger partial charge on any atom is 0.277 e. The number of benzene rings is 2. The summed E-state index contributed by atoms with van der Waals surface area (Å²) in [4.78, 5) is 14.5. The zero-order valence-electron chi connectivity index (χ0n) is 16.4. The van der Waals surface area contributed by atoms with Gasteiger partial charge in [-0.1, -0.05) is 17.8 Å². The summed E-state index contributed by atoms with van der Waals surface area (Å²) < 4.78 is 25.1. The number of thioether (sulfide) groups is 1. The van der Waals surface area contributed by atoms with Crippen molar-refractivity contribution in [2.75, 3.05) is 36.2 Å². The molecule has 1 fully saturated rings. The highest BCUT2D eigenvalue weighted by molar-refractivity contribution is 7.99. The van der Waals surface area contributed by atoms with Gasteiger partial charge < -0.3 is 19.4 Å². The highest BCUT2D eigenvalue weighted by Crippen LogP contribution is 2.31. The molecule has 0 aliphatic carbocycles. The van der Waals surface area contributed by atoms with Gasteiger partial charge in [0, 0.05) is 18.7 Å². The molecule has 1 N–H and O–H groups in total. The summed E-state index contributed by atoms with van der Waals surface area (Å²) >= 11 is 1.10. The van der Waals surface area contributed by atoms with Crippen LogP contribution in [0.2, 0.25) is 0 Å². The van der Waals surface area contributed by atoms with Crippen LogP contribution in [0.1, 0.15) is 12.8 Å². The van der Waals surface area contributed by atoms with Crippen molar-refractivity contribution < 1.29 is 18.3 Å². The number of rotatable bonds is 7. The second-order valence-electron chi connectivity index (χ2n) is 6.77. The minimum Gasteiger partial charge on any atom is -0.497 e. The van der Waals surface area contributed by atoms with E-state index in [0.29, 0.717) is 11.6 Å². The lowest BCUT2D eigenvalue weighted by Gasteiger charge is -2.21. The maximum absolute atomic E-state index is 14.4. The standard InChI is InChI=1S/C21H21FN4O3S/c1-28-15-9-7-14(8-10-15)20-24-25-21(29-20)30-13-18(27)23-19-16(22)5-4-6-17(19)26-11-2-3-12-26/h4-10H,2-3,11-13H2,1H3,(H,23,27). The Morgan fingerprint density at radius 3 is 2.70 bits per heavy atom. The number of carbonyl (C=O) groups excluding carboxylic acids is 1. The molecule has 0 bridgehead atoms. The van der Waals surface area contributed by atoms with Crippen molar-refractivity contribution in [3.63, 3.8) is 0 Å². The summed E-state index contributed by atoms with van der Waals surface area (Å²) in [5.41, 5.74) is 1.68. The Bertz CT molecular complexity index is 1020. The highest BCUT2D eigenvalue weighted by atomic mass is 32.2. The van der Waals surface area contributed by atoms with Crippen molar-refractivity contribution in [3.8, 4) is 17.2 Å². The van der Waals surface area contributed by atoms with Gasteiger partial charge in [-0.25, -0.2) is 4.39 Å². The number of hydrogen-bond donors (Lipinski definition) is 1. The highest BCUT2D eigenvalue weighted by Gasteiger charge is 2.20. The van der Waals surface area contributed by atoms with E-state index in [1.165, 1.54) is 6.07 Å². The number of ether oxygens (including phenoxy) is 1. The number of nitrogens with one attached hydrogen (secondary N) is 1. The first kappa shape index (κ1) is 20.2. The van der Waals surface area contributed by atoms with E-state index < -0.39 is 5.82 Å². The van der Waals surface area contributed by atoms with Crippen molar-refractivity contribution in [1.82, 2.24) is 10.2 Å². The summed E-state index contributed by atoms with van der Waals surface area (Å²) in [5, 5.41) is 10.9. The number of nitrogens with zero attached hydrogens (tertiary/aromatic N) is 3. The Labute approximate surface area is 177 Å². The zero-order valence-corrected chi connectivity index (χ0v) is 17.2. The van der Waals surface area contributed by atoms with Crippen molar-refractivity contribution in [3.05, 3.63) is 48.3 Å². The molecular formula is C21H21FN4O3S. The molecule has 156 valence electrons. The van der Waals surface area contributed by atoms with Crippen LogP contribution in [0.4, 0.5) is 15.8 Å². The van der Waals surface area contributed by atoms with Gasteiger partial charge >= 0.3 is 0 Å². The Morgan fingerprint density at radius 2 is 1.97 bits per heavy atom. The molecule has 4 rings (SSSR count). The number of anilines is 2. The van der Waals surface area contributed by atoms with E-state index in [9.17, 15) is 9.18 Å². The van der Waals surface area contributed by atoms with Crippen molar-refractivity contribution in [2.45, 2.75) is 18.1 Å². The number of amides is 1. The van der Waals surface area contributed by atoms with Crippen LogP contribution in [-0.2, 0) is 4.79 Å². The summed E-state index contributed by atoms with van der Waals surface area (Å²) in [6.07, 6.45) is 2.13. The molecule has 2 heterocycles. The number of para-hydroxylation sites is 1. The number of aromatic nitrogens is 2. The molecule has 30 heavy (non-hydrogen) atoms. The third-order valence-corrected chi connectivity index (χ3v) is 5.59. The molecule has 0 atom stereocenters. The molecule has 1 saturated heterocycles. The van der Waals surface area contributed by atoms with Crippen LogP contribution in [0.3, 0.4) is 0 Å². The van der Waals surface area contributed by atoms with Gasteiger partial charge in [-0.3, -0.25) is 4.79 Å². The molecular weight excluding hydrogens is 407 g/mol. The van der Waals surface area contributed by atoms with Gasteiger partial charge in [0.1, 0.15) is 17.3 Å². The minimum absolute atomic E-state index is 0.0258. The predicted molar refractivity (Wildman–Crippen MR) is 113 cm³/mol. The molecule has 1 aromatic heterocycles. The summed E-state index contributed by atoms with van der Waals surface area (Å²) in [7, 11) is 1.59. The number of halogens is 1. The van der Waals surface area contributed by atoms with Crippen LogP contribution in [0, 0.1) is 5.82 Å². The summed E-state index contributed by atoms with van der Waals surface area (Å²) in [5.74, 6) is 0.321. The van der Waals surface area contributed by atoms with Gasteiger partial charge in [-0.2, -0.15) is 0 Å². The Balaban J connectivity index is 1.38. The number of hydrogen-bond acceptors (Lipinski definition) is 7. The van der Waals surface area contributed by atoms with E-state index in [2.05, 4.69) is 20.4 Å². The third-order valence-electron chi connectivity index (χ3n) is 4.77. The molecule has 0 spiro atoms. The van der Waals surface area contributed by atoms with E-state index in [-0.39, 0.29) is 22.6 Å². The van der Waals surface area contributed by atoms with Crippen LogP contribution in [0.5, 0.6) is 5.75 Å². The molecule has 1 aliphatic heterocycles. The summed E-state index contributed by atoms with van der Waals surface area (Å²) in [6, 6.07) is 12.1. The Morgan fingerprint density at radius 1 is 1.20 bits per heavy atom. The second-order valence-corrected chi connectivity index (χ2v) is 7.69. The molecule has 7 nitrogen and oxygen atoms in total. The van der Waals surface area contributed by atoms with Gasteiger partial charge in [0.2, 0.25) is 11.8 Å². The average Bonchev–Trinajstić information content (AvgIpc) is 3.46. The normalized spacial score (nSPS) is 13.5. The third kappa shape index (κ3) is 4.56. The molecule has 0 saturated carbocycles. The van der Waals surface area contributed by atoms with Crippen molar-refractivity contribution in [2.24, 2.45) is 0 Å². The van der Waals surface area contributed by atoms with Gasteiger partial charge in [0.05, 0.1) is 18.6 Å². The lowest BCUT2D eigenvalue weighted by molar-refractivity contribution is -0.113. The molecule has 0 radical (unpaired) electrons. The molecule has 9 heteroatoms. The fourth-order valence-electron chi connectivity index (χ4n) is 3.28. The zero-order chi connectivity index (χ0) is 20.9. The lowest BCUT2D eigenvalue weighted by atomic mass is 10.2. The Hall–Kier alpha value is -3.07. The van der Waals surface area contributed by atoms with Gasteiger partial charge in [-0.05, 0) is 49.2 Å². The minimum atomic E-state index is -0.447. The molecule has 3 aromatic rings. The fourth-order valence-corrected chi connectivity index (χ4v) is 3.84. The van der Waals surface area contributed by atoms with E-state index in [1.54, 1.807) is 25.3 Å². The molecule has 2 aromatic carbocycles. The quantitative estimate of drug-likeness (QED) is 0.565. The topological polar surface area (TPSA) is 80.5 Å². The number of carbonyl (C=O) groups is 1. The van der Waals surface area contributed by atoms with Gasteiger partial charge in [-0.15, -0.1) is 10.2 Å². The lowest BCUT2D eigenvalue weighted by Crippen LogP contribution is -2.22. The summed E-state index contributed by atoms with van der Waals surface area (Å²) in [6.45, 7) is 1.72. The van der Waals surface area contributed by atoms with Gasteiger partial charge in [0.25, 0.3) is 5.22 Å². The van der Waals surface area contributed by atoms with Crippen LogP contribution in [-0.4, -0.2) is 42.1 Å². The largest absolute Gasteiger partial charge is 0.497 e. The first-order valence-electron chi connectivity index (χ1n) is 9.58. The van der Waals surface area contributed by atoms with Crippen molar-refractivity contribution >= 4 is 29.0 Å². The van der Waals surface area contributed by atoms with E-state index in [4.69, 9.17) is 9.15 Å². The van der Waals surface area contributed by atoms with E-state index in [0.717, 1.165) is 49.0 Å². The smallest absolute Gasteiger partial charge is 0.277 e. The van der Waals surface area contributed by atoms with Crippen molar-refractivity contribution in [1.29, 1.82) is 0 Å². The number of methoxy groups -OCH3 is 1. The maximum atomic E-state index is 14.4. The van der Waals surface area contributed by atoms with Crippen LogP contribution in [0.25, 0.3) is 11.5 Å². The predicted octanol–water partition coefficient (Wildman–Crippen LogP) is 4.22. The first-order chi connectivity index (χ1) is 14.6. The van der Waals surface area contributed by atoms with Crippen LogP contribution in [0.15, 0.2) is 52.1 Å². The molecule has 1 aliphatic rings. The first-order valence-corrected chi connectivity index (χ1v) is 10.6. The Kier molecular flexibility index (Phi) is 6.18. The van der Waals surface area contributed by atoms with E-state index in [1.807, 2.05) is 18.2 Å². The SMILES string of the molecule is COc1ccc(-c2nnc(SCC(=O)Nc3c(F)cccc3N3CCCC3)o2)cc1. The van der Waals surface area contributed by atoms with Crippen LogP contribution >= 0.6 is 11.8 Å². The van der Waals surface area contributed by atoms with Crippen LogP contribution < -0.4 is 15.0 Å². The average molecular weight is 428 g/mol. The second kappa shape index (κ2) is 9.17. The fraction of sp³-hybridized carbons (Fsp3) is 0.286. The monoisotopic (exact) mass is 428 g/mol. The van der Waals surface area contributed by atoms with Gasteiger partial charge in [0.15, 0.2) is 0 Å². The molecule has 0 unspecified atom stereocenters.